The van der Waals surface area contributed by atoms with Crippen LogP contribution >= 0.6 is 0 Å². The number of hydrogen-bond donors (Lipinski definition) is 2. The Morgan fingerprint density at radius 2 is 1.58 bits per heavy atom. The summed E-state index contributed by atoms with van der Waals surface area (Å²) in [4.78, 5) is 33.8. The number of nitro benzene ring substituents is 1. The number of aliphatic carboxylic acids is 2. The number of carboxylic acids is 2. The molecule has 0 aliphatic carbocycles. The molecule has 0 bridgehead atoms. The lowest BCUT2D eigenvalue weighted by atomic mass is 9.85. The van der Waals surface area contributed by atoms with E-state index in [0.717, 1.165) is 0 Å². The lowest BCUT2D eigenvalue weighted by Crippen LogP contribution is -2.26. The molecule has 2 N–H and O–H groups in total. The minimum atomic E-state index is -1.53. The molecule has 0 aliphatic heterocycles. The number of non-ortho nitro benzene ring substituents is 1. The number of ether oxygens (including phenoxy) is 1. The SMILES string of the molecule is CC(C)(C)C(C(=O)O)=C(Oc1ccc([N+](=O)[O-])cc1C(C)(C)C)C(=O)O. The fraction of sp³-hybridized carbons (Fsp3) is 0.444. The highest BCUT2D eigenvalue weighted by Gasteiger charge is 2.34. The molecule has 0 radical (unpaired) electrons. The fourth-order valence-electron chi connectivity index (χ4n) is 2.38. The van der Waals surface area contributed by atoms with Crippen molar-refractivity contribution in [3.63, 3.8) is 0 Å². The average molecular weight is 365 g/mol. The van der Waals surface area contributed by atoms with E-state index in [4.69, 9.17) is 4.74 Å². The van der Waals surface area contributed by atoms with E-state index in [-0.39, 0.29) is 11.4 Å². The first-order valence-corrected chi connectivity index (χ1v) is 7.84. The smallest absolute Gasteiger partial charge is 0.372 e. The van der Waals surface area contributed by atoms with Crippen molar-refractivity contribution in [2.75, 3.05) is 0 Å². The highest BCUT2D eigenvalue weighted by atomic mass is 16.6. The molecular formula is C18H23NO7. The van der Waals surface area contributed by atoms with Crippen molar-refractivity contribution in [3.05, 3.63) is 45.2 Å². The molecular weight excluding hydrogens is 342 g/mol. The average Bonchev–Trinajstić information content (AvgIpc) is 2.43. The van der Waals surface area contributed by atoms with Gasteiger partial charge in [-0.25, -0.2) is 9.59 Å². The van der Waals surface area contributed by atoms with Crippen LogP contribution in [0.5, 0.6) is 5.75 Å². The summed E-state index contributed by atoms with van der Waals surface area (Å²) in [6.07, 6.45) is 0. The molecule has 142 valence electrons. The van der Waals surface area contributed by atoms with Crippen molar-refractivity contribution in [1.29, 1.82) is 0 Å². The van der Waals surface area contributed by atoms with Crippen LogP contribution in [0.15, 0.2) is 29.5 Å². The van der Waals surface area contributed by atoms with Crippen LogP contribution in [0.1, 0.15) is 47.1 Å². The first kappa shape index (κ1) is 21.1. The van der Waals surface area contributed by atoms with Crippen LogP contribution in [0.3, 0.4) is 0 Å². The Balaban J connectivity index is 3.67. The maximum atomic E-state index is 11.7. The third kappa shape index (κ3) is 4.81. The number of hydrogen-bond acceptors (Lipinski definition) is 5. The third-order valence-corrected chi connectivity index (χ3v) is 3.58. The third-order valence-electron chi connectivity index (χ3n) is 3.58. The van der Waals surface area contributed by atoms with Gasteiger partial charge in [0.15, 0.2) is 0 Å². The summed E-state index contributed by atoms with van der Waals surface area (Å²) in [5, 5.41) is 30.0. The van der Waals surface area contributed by atoms with E-state index in [0.29, 0.717) is 5.56 Å². The summed E-state index contributed by atoms with van der Waals surface area (Å²) in [7, 11) is 0. The molecule has 0 aromatic heterocycles. The van der Waals surface area contributed by atoms with Crippen molar-refractivity contribution in [2.24, 2.45) is 5.41 Å². The van der Waals surface area contributed by atoms with Crippen LogP contribution in [0.2, 0.25) is 0 Å². The van der Waals surface area contributed by atoms with Crippen molar-refractivity contribution >= 4 is 17.6 Å². The first-order valence-electron chi connectivity index (χ1n) is 7.84. The fourth-order valence-corrected chi connectivity index (χ4v) is 2.38. The van der Waals surface area contributed by atoms with Crippen molar-refractivity contribution in [1.82, 2.24) is 0 Å². The predicted molar refractivity (Wildman–Crippen MR) is 94.2 cm³/mol. The molecule has 1 aromatic rings. The Bertz CT molecular complexity index is 780. The van der Waals surface area contributed by atoms with Crippen LogP contribution in [-0.2, 0) is 15.0 Å². The summed E-state index contributed by atoms with van der Waals surface area (Å²) < 4.78 is 5.49. The van der Waals surface area contributed by atoms with Crippen LogP contribution in [0.25, 0.3) is 0 Å². The van der Waals surface area contributed by atoms with Gasteiger partial charge >= 0.3 is 11.9 Å². The molecule has 0 unspecified atom stereocenters. The summed E-state index contributed by atoms with van der Waals surface area (Å²) in [6.45, 7) is 10.0. The molecule has 1 aromatic carbocycles. The minimum Gasteiger partial charge on any atom is -0.478 e. The lowest BCUT2D eigenvalue weighted by Gasteiger charge is -2.25. The highest BCUT2D eigenvalue weighted by Crippen LogP contribution is 2.37. The maximum absolute atomic E-state index is 11.7. The maximum Gasteiger partial charge on any atom is 0.372 e. The van der Waals surface area contributed by atoms with Gasteiger partial charge < -0.3 is 14.9 Å². The zero-order valence-electron chi connectivity index (χ0n) is 15.6. The van der Waals surface area contributed by atoms with E-state index < -0.39 is 39.0 Å². The standard InChI is InChI=1S/C18H23NO7/c1-17(2,3)11-9-10(19(24)25)7-8-12(11)26-14(16(22)23)13(15(20)21)18(4,5)6/h7-9H,1-6H3,(H,20,21)(H,22,23). The molecule has 26 heavy (non-hydrogen) atoms. The second kappa shape index (κ2) is 7.15. The van der Waals surface area contributed by atoms with Gasteiger partial charge in [0.05, 0.1) is 10.5 Å². The molecule has 0 spiro atoms. The molecule has 0 amide bonds. The van der Waals surface area contributed by atoms with Gasteiger partial charge in [0.1, 0.15) is 5.75 Å². The molecule has 0 heterocycles. The summed E-state index contributed by atoms with van der Waals surface area (Å²) in [6, 6.07) is 3.76. The molecule has 0 saturated carbocycles. The number of nitro groups is 1. The Kier molecular flexibility index (Phi) is 5.81. The lowest BCUT2D eigenvalue weighted by molar-refractivity contribution is -0.385. The normalized spacial score (nSPS) is 13.0. The van der Waals surface area contributed by atoms with Gasteiger partial charge in [-0.3, -0.25) is 10.1 Å². The van der Waals surface area contributed by atoms with Gasteiger partial charge in [-0.05, 0) is 16.9 Å². The van der Waals surface area contributed by atoms with E-state index in [2.05, 4.69) is 0 Å². The van der Waals surface area contributed by atoms with Crippen LogP contribution < -0.4 is 4.74 Å². The Morgan fingerprint density at radius 1 is 1.04 bits per heavy atom. The molecule has 8 heteroatoms. The highest BCUT2D eigenvalue weighted by molar-refractivity contribution is 5.98. The van der Waals surface area contributed by atoms with Gasteiger partial charge in [-0.2, -0.15) is 0 Å². The quantitative estimate of drug-likeness (QED) is 0.352. The van der Waals surface area contributed by atoms with Crippen LogP contribution in [0.4, 0.5) is 5.69 Å². The van der Waals surface area contributed by atoms with Gasteiger partial charge in [0.2, 0.25) is 5.76 Å². The van der Waals surface area contributed by atoms with E-state index in [1.54, 1.807) is 41.5 Å². The van der Waals surface area contributed by atoms with Crippen LogP contribution in [0, 0.1) is 15.5 Å². The zero-order valence-corrected chi connectivity index (χ0v) is 15.6. The summed E-state index contributed by atoms with van der Waals surface area (Å²) in [5.41, 5.74) is -1.78. The van der Waals surface area contributed by atoms with E-state index >= 15 is 0 Å². The van der Waals surface area contributed by atoms with Gasteiger partial charge in [0.25, 0.3) is 5.69 Å². The van der Waals surface area contributed by atoms with Gasteiger partial charge in [-0.1, -0.05) is 41.5 Å². The molecule has 0 fully saturated rings. The monoisotopic (exact) mass is 365 g/mol. The summed E-state index contributed by atoms with van der Waals surface area (Å²) >= 11 is 0. The van der Waals surface area contributed by atoms with Crippen molar-refractivity contribution < 1.29 is 29.5 Å². The largest absolute Gasteiger partial charge is 0.478 e. The van der Waals surface area contributed by atoms with Crippen molar-refractivity contribution in [2.45, 2.75) is 47.0 Å². The molecule has 8 nitrogen and oxygen atoms in total. The number of carboxylic acid groups (broad SMARTS) is 2. The second-order valence-corrected chi connectivity index (χ2v) is 7.85. The topological polar surface area (TPSA) is 127 Å². The minimum absolute atomic E-state index is 0.0588. The zero-order chi connectivity index (χ0) is 20.4. The molecule has 1 rings (SSSR count). The Morgan fingerprint density at radius 3 is 1.92 bits per heavy atom. The number of nitrogens with zero attached hydrogens (tertiary/aromatic N) is 1. The second-order valence-electron chi connectivity index (χ2n) is 7.85. The Labute approximate surface area is 151 Å². The van der Waals surface area contributed by atoms with E-state index in [9.17, 15) is 29.9 Å². The number of benzene rings is 1. The Hall–Kier alpha value is -2.90. The molecule has 0 atom stereocenters. The number of carbonyl (C=O) groups is 2. The molecule has 0 aliphatic rings. The van der Waals surface area contributed by atoms with Gasteiger partial charge in [-0.15, -0.1) is 0 Å². The first-order chi connectivity index (χ1) is 11.7. The van der Waals surface area contributed by atoms with E-state index in [1.165, 1.54) is 18.2 Å². The predicted octanol–water partition coefficient (Wildman–Crippen LogP) is 3.74. The van der Waals surface area contributed by atoms with Crippen molar-refractivity contribution in [3.8, 4) is 5.75 Å². The van der Waals surface area contributed by atoms with Gasteiger partial charge in [0, 0.05) is 17.7 Å². The van der Waals surface area contributed by atoms with E-state index in [1.807, 2.05) is 0 Å². The number of rotatable bonds is 5. The van der Waals surface area contributed by atoms with Crippen LogP contribution in [-0.4, -0.2) is 27.1 Å². The summed E-state index contributed by atoms with van der Waals surface area (Å²) in [5.74, 6) is -3.60. The molecule has 0 saturated heterocycles.